The normalized spacial score (nSPS) is 17.1. The van der Waals surface area contributed by atoms with E-state index in [1.165, 1.54) is 5.56 Å². The molecule has 1 aliphatic rings. The molecule has 0 aliphatic carbocycles. The first-order chi connectivity index (χ1) is 14.0. The number of aryl methyl sites for hydroxylation is 1. The third-order valence-electron chi connectivity index (χ3n) is 5.10. The second-order valence-corrected chi connectivity index (χ2v) is 7.35. The molecule has 1 aliphatic heterocycles. The van der Waals surface area contributed by atoms with Crippen LogP contribution >= 0.6 is 0 Å². The average molecular weight is 393 g/mol. The maximum absolute atomic E-state index is 12.5. The molecule has 152 valence electrons. The summed E-state index contributed by atoms with van der Waals surface area (Å²) in [5.74, 6) is -0.996. The molecule has 6 heteroatoms. The van der Waals surface area contributed by atoms with E-state index >= 15 is 0 Å². The van der Waals surface area contributed by atoms with Crippen LogP contribution in [-0.4, -0.2) is 36.9 Å². The van der Waals surface area contributed by atoms with Crippen molar-refractivity contribution in [3.63, 3.8) is 0 Å². The molecule has 0 spiro atoms. The molecule has 2 aromatic rings. The maximum atomic E-state index is 12.5. The average Bonchev–Trinajstić information content (AvgIpc) is 3.14. The van der Waals surface area contributed by atoms with Gasteiger partial charge in [0.25, 0.3) is 0 Å². The summed E-state index contributed by atoms with van der Waals surface area (Å²) in [6.07, 6.45) is 1.88. The molecule has 6 nitrogen and oxygen atoms in total. The molecule has 0 radical (unpaired) electrons. The van der Waals surface area contributed by atoms with Crippen LogP contribution in [0.2, 0.25) is 0 Å². The summed E-state index contributed by atoms with van der Waals surface area (Å²) < 4.78 is 0. The Morgan fingerprint density at radius 2 is 1.72 bits per heavy atom. The second kappa shape index (κ2) is 9.87. The fourth-order valence-electron chi connectivity index (χ4n) is 3.44. The Kier molecular flexibility index (Phi) is 7.00. The molecule has 3 amide bonds. The van der Waals surface area contributed by atoms with Gasteiger partial charge in [-0.05, 0) is 37.5 Å². The minimum Gasteiger partial charge on any atom is -0.354 e. The van der Waals surface area contributed by atoms with Gasteiger partial charge in [-0.25, -0.2) is 0 Å². The number of hydrogen-bond acceptors (Lipinski definition) is 3. The Hall–Kier alpha value is -3.15. The van der Waals surface area contributed by atoms with Crippen molar-refractivity contribution < 1.29 is 14.4 Å². The molecule has 1 heterocycles. The lowest BCUT2D eigenvalue weighted by Gasteiger charge is -2.18. The minimum atomic E-state index is -0.639. The van der Waals surface area contributed by atoms with Gasteiger partial charge in [-0.3, -0.25) is 14.4 Å². The summed E-state index contributed by atoms with van der Waals surface area (Å²) >= 11 is 0. The summed E-state index contributed by atoms with van der Waals surface area (Å²) in [6, 6.07) is 18.8. The zero-order valence-electron chi connectivity index (χ0n) is 16.6. The fraction of sp³-hybridized carbons (Fsp3) is 0.348. The lowest BCUT2D eigenvalue weighted by molar-refractivity contribution is -0.130. The van der Waals surface area contributed by atoms with Crippen molar-refractivity contribution in [2.75, 3.05) is 18.0 Å². The van der Waals surface area contributed by atoms with Gasteiger partial charge in [-0.15, -0.1) is 0 Å². The Morgan fingerprint density at radius 1 is 1.07 bits per heavy atom. The second-order valence-electron chi connectivity index (χ2n) is 7.35. The van der Waals surface area contributed by atoms with Gasteiger partial charge in [-0.1, -0.05) is 48.5 Å². The maximum Gasteiger partial charge on any atom is 0.242 e. The highest BCUT2D eigenvalue weighted by Crippen LogP contribution is 2.24. The standard InChI is InChI=1S/C23H27N3O3/c1-17(22(28)24-14-8-11-18-9-4-2-5-10-18)25-23(29)19-15-21(27)26(16-19)20-12-6-3-7-13-20/h2-7,9-10,12-13,17,19H,8,11,14-16H2,1H3,(H,24,28)(H,25,29). The number of rotatable bonds is 8. The first-order valence-corrected chi connectivity index (χ1v) is 10.0. The number of para-hydroxylation sites is 1. The highest BCUT2D eigenvalue weighted by Gasteiger charge is 2.35. The van der Waals surface area contributed by atoms with Crippen molar-refractivity contribution in [1.29, 1.82) is 0 Å². The van der Waals surface area contributed by atoms with Gasteiger partial charge < -0.3 is 15.5 Å². The van der Waals surface area contributed by atoms with Crippen LogP contribution in [0.5, 0.6) is 0 Å². The van der Waals surface area contributed by atoms with Crippen LogP contribution < -0.4 is 15.5 Å². The van der Waals surface area contributed by atoms with Crippen molar-refractivity contribution in [2.45, 2.75) is 32.2 Å². The van der Waals surface area contributed by atoms with Gasteiger partial charge in [0.15, 0.2) is 0 Å². The molecule has 2 aromatic carbocycles. The predicted molar refractivity (Wildman–Crippen MR) is 112 cm³/mol. The van der Waals surface area contributed by atoms with E-state index in [2.05, 4.69) is 22.8 Å². The molecule has 29 heavy (non-hydrogen) atoms. The van der Waals surface area contributed by atoms with Crippen LogP contribution in [0.25, 0.3) is 0 Å². The summed E-state index contributed by atoms with van der Waals surface area (Å²) in [4.78, 5) is 38.7. The summed E-state index contributed by atoms with van der Waals surface area (Å²) in [5, 5.41) is 5.60. The van der Waals surface area contributed by atoms with E-state index in [-0.39, 0.29) is 24.1 Å². The topological polar surface area (TPSA) is 78.5 Å². The Bertz CT molecular complexity index is 839. The number of carbonyl (C=O) groups is 3. The van der Waals surface area contributed by atoms with Crippen LogP contribution in [0.4, 0.5) is 5.69 Å². The van der Waals surface area contributed by atoms with Crippen LogP contribution in [0.3, 0.4) is 0 Å². The van der Waals surface area contributed by atoms with Gasteiger partial charge in [0, 0.05) is 25.2 Å². The zero-order chi connectivity index (χ0) is 20.6. The molecule has 2 atom stereocenters. The van der Waals surface area contributed by atoms with Gasteiger partial charge in [0.05, 0.1) is 5.92 Å². The van der Waals surface area contributed by atoms with Gasteiger partial charge >= 0.3 is 0 Å². The Labute approximate surface area is 171 Å². The smallest absolute Gasteiger partial charge is 0.242 e. The number of amides is 3. The minimum absolute atomic E-state index is 0.0747. The summed E-state index contributed by atoms with van der Waals surface area (Å²) in [7, 11) is 0. The SMILES string of the molecule is CC(NC(=O)C1CC(=O)N(c2ccccc2)C1)C(=O)NCCCc1ccccc1. The Balaban J connectivity index is 1.41. The number of carbonyl (C=O) groups excluding carboxylic acids is 3. The van der Waals surface area contributed by atoms with E-state index in [1.54, 1.807) is 11.8 Å². The molecule has 0 aromatic heterocycles. The van der Waals surface area contributed by atoms with Crippen LogP contribution in [0.15, 0.2) is 60.7 Å². The van der Waals surface area contributed by atoms with E-state index in [0.29, 0.717) is 13.1 Å². The van der Waals surface area contributed by atoms with E-state index in [9.17, 15) is 14.4 Å². The largest absolute Gasteiger partial charge is 0.354 e. The molecule has 1 saturated heterocycles. The third kappa shape index (κ3) is 5.67. The van der Waals surface area contributed by atoms with Crippen LogP contribution in [-0.2, 0) is 20.8 Å². The number of nitrogens with zero attached hydrogens (tertiary/aromatic N) is 1. The molecular weight excluding hydrogens is 366 g/mol. The molecule has 2 N–H and O–H groups in total. The lowest BCUT2D eigenvalue weighted by Crippen LogP contribution is -2.47. The van der Waals surface area contributed by atoms with Crippen molar-refractivity contribution in [3.8, 4) is 0 Å². The van der Waals surface area contributed by atoms with Gasteiger partial charge in [-0.2, -0.15) is 0 Å². The molecule has 0 bridgehead atoms. The van der Waals surface area contributed by atoms with Crippen molar-refractivity contribution in [1.82, 2.24) is 10.6 Å². The number of benzene rings is 2. The molecular formula is C23H27N3O3. The van der Waals surface area contributed by atoms with Crippen molar-refractivity contribution >= 4 is 23.4 Å². The van der Waals surface area contributed by atoms with Crippen molar-refractivity contribution in [3.05, 3.63) is 66.2 Å². The van der Waals surface area contributed by atoms with E-state index in [1.807, 2.05) is 48.5 Å². The van der Waals surface area contributed by atoms with Crippen molar-refractivity contribution in [2.24, 2.45) is 5.92 Å². The summed E-state index contributed by atoms with van der Waals surface area (Å²) in [6.45, 7) is 2.55. The summed E-state index contributed by atoms with van der Waals surface area (Å²) in [5.41, 5.74) is 2.02. The molecule has 0 saturated carbocycles. The van der Waals surface area contributed by atoms with E-state index in [4.69, 9.17) is 0 Å². The first kappa shape index (κ1) is 20.6. The highest BCUT2D eigenvalue weighted by molar-refractivity contribution is 6.01. The van der Waals surface area contributed by atoms with E-state index in [0.717, 1.165) is 18.5 Å². The monoisotopic (exact) mass is 393 g/mol. The number of anilines is 1. The van der Waals surface area contributed by atoms with Gasteiger partial charge in [0.2, 0.25) is 17.7 Å². The third-order valence-corrected chi connectivity index (χ3v) is 5.10. The lowest BCUT2D eigenvalue weighted by atomic mass is 10.1. The van der Waals surface area contributed by atoms with E-state index < -0.39 is 12.0 Å². The van der Waals surface area contributed by atoms with Crippen LogP contribution in [0, 0.1) is 5.92 Å². The molecule has 3 rings (SSSR count). The molecule has 1 fully saturated rings. The quantitative estimate of drug-likeness (QED) is 0.676. The fourth-order valence-corrected chi connectivity index (χ4v) is 3.44. The Morgan fingerprint density at radius 3 is 2.41 bits per heavy atom. The first-order valence-electron chi connectivity index (χ1n) is 10.0. The highest BCUT2D eigenvalue weighted by atomic mass is 16.2. The molecule has 2 unspecified atom stereocenters. The predicted octanol–water partition coefficient (Wildman–Crippen LogP) is 2.29. The van der Waals surface area contributed by atoms with Crippen LogP contribution in [0.1, 0.15) is 25.3 Å². The zero-order valence-corrected chi connectivity index (χ0v) is 16.6. The van der Waals surface area contributed by atoms with Gasteiger partial charge in [0.1, 0.15) is 6.04 Å². The number of nitrogens with one attached hydrogen (secondary N) is 2. The number of hydrogen-bond donors (Lipinski definition) is 2.